The average Bonchev–Trinajstić information content (AvgIpc) is 2.67. The highest BCUT2D eigenvalue weighted by Crippen LogP contribution is 2.16. The second-order valence-electron chi connectivity index (χ2n) is 4.34. The number of allylic oxidation sites excluding steroid dienone is 1. The van der Waals surface area contributed by atoms with Gasteiger partial charge in [0.2, 0.25) is 5.43 Å². The van der Waals surface area contributed by atoms with E-state index in [0.717, 1.165) is 5.56 Å². The second kappa shape index (κ2) is 6.86. The third-order valence-electron chi connectivity index (χ3n) is 2.98. The fourth-order valence-corrected chi connectivity index (χ4v) is 2.06. The summed E-state index contributed by atoms with van der Waals surface area (Å²) in [5.74, 6) is -0.354. The number of hydrogen-bond donors (Lipinski definition) is 1. The molecule has 0 fully saturated rings. The molecule has 0 atom stereocenters. The van der Waals surface area contributed by atoms with Gasteiger partial charge in [-0.1, -0.05) is 41.9 Å². The van der Waals surface area contributed by atoms with Gasteiger partial charge in [-0.25, -0.2) is 0 Å². The largest absolute Gasteiger partial charge is 0.385 e. The van der Waals surface area contributed by atoms with Gasteiger partial charge >= 0.3 is 0 Å². The van der Waals surface area contributed by atoms with Crippen molar-refractivity contribution in [3.63, 3.8) is 0 Å². The minimum Gasteiger partial charge on any atom is -0.385 e. The van der Waals surface area contributed by atoms with E-state index in [-0.39, 0.29) is 16.8 Å². The monoisotopic (exact) mass is 299 g/mol. The van der Waals surface area contributed by atoms with Crippen LogP contribution in [0.1, 0.15) is 15.9 Å². The van der Waals surface area contributed by atoms with E-state index in [0.29, 0.717) is 10.7 Å². The lowest BCUT2D eigenvalue weighted by Gasteiger charge is -1.97. The van der Waals surface area contributed by atoms with Crippen LogP contribution in [-0.2, 0) is 0 Å². The highest BCUT2D eigenvalue weighted by molar-refractivity contribution is 6.32. The SMILES string of the molecule is CNc1ccccc(C(=O)/C=C/c2ccccc2Cl)c1=O. The molecule has 0 saturated carbocycles. The molecule has 3 nitrogen and oxygen atoms in total. The van der Waals surface area contributed by atoms with Crippen molar-refractivity contribution in [3.05, 3.63) is 81.0 Å². The van der Waals surface area contributed by atoms with E-state index in [9.17, 15) is 9.59 Å². The molecule has 0 bridgehead atoms. The molecule has 1 N–H and O–H groups in total. The Morgan fingerprint density at radius 1 is 1.10 bits per heavy atom. The molecule has 2 aromatic carbocycles. The van der Waals surface area contributed by atoms with Crippen molar-refractivity contribution >= 4 is 29.1 Å². The highest BCUT2D eigenvalue weighted by Gasteiger charge is 2.08. The first-order chi connectivity index (χ1) is 10.1. The average molecular weight is 300 g/mol. The van der Waals surface area contributed by atoms with Gasteiger partial charge in [0.05, 0.1) is 11.3 Å². The van der Waals surface area contributed by atoms with Gasteiger partial charge in [-0.05, 0) is 35.9 Å². The first-order valence-corrected chi connectivity index (χ1v) is 6.79. The number of anilines is 1. The van der Waals surface area contributed by atoms with Crippen molar-refractivity contribution < 1.29 is 4.79 Å². The first-order valence-electron chi connectivity index (χ1n) is 6.41. The zero-order valence-corrected chi connectivity index (χ0v) is 12.2. The number of ketones is 1. The van der Waals surface area contributed by atoms with Gasteiger partial charge in [0.1, 0.15) is 0 Å². The summed E-state index contributed by atoms with van der Waals surface area (Å²) in [4.78, 5) is 24.4. The Hall–Kier alpha value is -2.39. The maximum absolute atomic E-state index is 12.2. The highest BCUT2D eigenvalue weighted by atomic mass is 35.5. The van der Waals surface area contributed by atoms with Crippen LogP contribution in [0.4, 0.5) is 5.69 Å². The quantitative estimate of drug-likeness (QED) is 0.692. The number of halogens is 1. The Kier molecular flexibility index (Phi) is 4.90. The lowest BCUT2D eigenvalue weighted by molar-refractivity contribution is 0.104. The molecule has 0 spiro atoms. The summed E-state index contributed by atoms with van der Waals surface area (Å²) in [5, 5.41) is 3.34. The van der Waals surface area contributed by atoms with Gasteiger partial charge in [-0.15, -0.1) is 0 Å². The van der Waals surface area contributed by atoms with Crippen molar-refractivity contribution in [1.29, 1.82) is 0 Å². The van der Waals surface area contributed by atoms with Gasteiger partial charge in [0.15, 0.2) is 5.78 Å². The Morgan fingerprint density at radius 3 is 2.48 bits per heavy atom. The molecule has 0 radical (unpaired) electrons. The number of carbonyl (C=O) groups is 1. The second-order valence-corrected chi connectivity index (χ2v) is 4.75. The van der Waals surface area contributed by atoms with Crippen molar-refractivity contribution in [2.75, 3.05) is 12.4 Å². The van der Waals surface area contributed by atoms with Crippen molar-refractivity contribution in [3.8, 4) is 0 Å². The fraction of sp³-hybridized carbons (Fsp3) is 0.0588. The predicted molar refractivity (Wildman–Crippen MR) is 87.1 cm³/mol. The number of nitrogens with one attached hydrogen (secondary N) is 1. The van der Waals surface area contributed by atoms with E-state index in [2.05, 4.69) is 5.32 Å². The van der Waals surface area contributed by atoms with Gasteiger partial charge in [0.25, 0.3) is 0 Å². The van der Waals surface area contributed by atoms with Gasteiger partial charge in [-0.2, -0.15) is 0 Å². The smallest absolute Gasteiger partial charge is 0.212 e. The number of carbonyl (C=O) groups excluding carboxylic acids is 1. The van der Waals surface area contributed by atoms with Crippen molar-refractivity contribution in [1.82, 2.24) is 0 Å². The molecule has 0 aliphatic rings. The van der Waals surface area contributed by atoms with Crippen LogP contribution in [0.25, 0.3) is 6.08 Å². The molecule has 0 aromatic heterocycles. The molecule has 21 heavy (non-hydrogen) atoms. The number of hydrogen-bond acceptors (Lipinski definition) is 3. The van der Waals surface area contributed by atoms with E-state index in [1.54, 1.807) is 43.5 Å². The van der Waals surface area contributed by atoms with Crippen LogP contribution in [0.3, 0.4) is 0 Å². The standard InChI is InChI=1S/C17H14ClNO2/c1-19-15-9-5-3-7-13(17(15)21)16(20)11-10-12-6-2-4-8-14(12)18/h2-11H,1H3,(H,19,21)/b11-10+. The molecule has 106 valence electrons. The van der Waals surface area contributed by atoms with Gasteiger partial charge < -0.3 is 5.32 Å². The summed E-state index contributed by atoms with van der Waals surface area (Å²) >= 11 is 6.02. The summed E-state index contributed by atoms with van der Waals surface area (Å²) in [6.07, 6.45) is 2.97. The first kappa shape index (κ1) is 15.0. The fourth-order valence-electron chi connectivity index (χ4n) is 1.86. The van der Waals surface area contributed by atoms with E-state index in [1.165, 1.54) is 12.1 Å². The molecule has 0 aliphatic carbocycles. The lowest BCUT2D eigenvalue weighted by atomic mass is 10.1. The normalized spacial score (nSPS) is 10.6. The van der Waals surface area contributed by atoms with Gasteiger partial charge in [0, 0.05) is 12.1 Å². The lowest BCUT2D eigenvalue weighted by Crippen LogP contribution is -2.14. The number of benzene rings is 1. The molecule has 2 rings (SSSR count). The summed E-state index contributed by atoms with van der Waals surface area (Å²) in [7, 11) is 1.64. The van der Waals surface area contributed by atoms with Crippen molar-refractivity contribution in [2.45, 2.75) is 0 Å². The molecule has 0 saturated heterocycles. The van der Waals surface area contributed by atoms with E-state index >= 15 is 0 Å². The molecule has 0 heterocycles. The van der Waals surface area contributed by atoms with Crippen LogP contribution in [0, 0.1) is 0 Å². The van der Waals surface area contributed by atoms with E-state index in [1.807, 2.05) is 12.1 Å². The summed E-state index contributed by atoms with van der Waals surface area (Å²) < 4.78 is 0. The number of rotatable bonds is 4. The third kappa shape index (κ3) is 3.58. The Balaban J connectivity index is 2.37. The van der Waals surface area contributed by atoms with Crippen LogP contribution in [-0.4, -0.2) is 12.8 Å². The maximum Gasteiger partial charge on any atom is 0.212 e. The maximum atomic E-state index is 12.2. The molecule has 0 amide bonds. The van der Waals surface area contributed by atoms with Crippen LogP contribution in [0.5, 0.6) is 0 Å². The van der Waals surface area contributed by atoms with Crippen LogP contribution < -0.4 is 10.7 Å². The summed E-state index contributed by atoms with van der Waals surface area (Å²) in [6.45, 7) is 0. The Morgan fingerprint density at radius 2 is 1.76 bits per heavy atom. The summed E-state index contributed by atoms with van der Waals surface area (Å²) in [6, 6.07) is 13.7. The molecular weight excluding hydrogens is 286 g/mol. The third-order valence-corrected chi connectivity index (χ3v) is 3.32. The Bertz CT molecular complexity index is 754. The zero-order chi connectivity index (χ0) is 15.2. The Labute approximate surface area is 127 Å². The topological polar surface area (TPSA) is 46.2 Å². The van der Waals surface area contributed by atoms with Crippen LogP contribution in [0.15, 0.2) is 59.4 Å². The van der Waals surface area contributed by atoms with E-state index < -0.39 is 0 Å². The zero-order valence-electron chi connectivity index (χ0n) is 11.5. The minimum atomic E-state index is -0.354. The summed E-state index contributed by atoms with van der Waals surface area (Å²) in [5.41, 5.74) is 0.910. The van der Waals surface area contributed by atoms with Crippen LogP contribution >= 0.6 is 11.6 Å². The minimum absolute atomic E-state index is 0.118. The predicted octanol–water partition coefficient (Wildman–Crippen LogP) is 3.64. The van der Waals surface area contributed by atoms with Crippen molar-refractivity contribution in [2.24, 2.45) is 0 Å². The van der Waals surface area contributed by atoms with Crippen LogP contribution in [0.2, 0.25) is 5.02 Å². The molecule has 4 heteroatoms. The molecule has 0 unspecified atom stereocenters. The molecule has 2 aromatic rings. The molecular formula is C17H14ClNO2. The molecule has 0 aliphatic heterocycles. The van der Waals surface area contributed by atoms with Gasteiger partial charge in [-0.3, -0.25) is 9.59 Å². The van der Waals surface area contributed by atoms with E-state index in [4.69, 9.17) is 11.6 Å².